The molecule has 3 rings (SSSR count). The molecule has 0 spiro atoms. The van der Waals surface area contributed by atoms with E-state index in [0.717, 1.165) is 5.56 Å². The zero-order valence-corrected chi connectivity index (χ0v) is 12.5. The highest BCUT2D eigenvalue weighted by atomic mass is 16.2. The van der Waals surface area contributed by atoms with Gasteiger partial charge in [0.25, 0.3) is 5.91 Å². The summed E-state index contributed by atoms with van der Waals surface area (Å²) in [6.45, 7) is 0.441. The predicted octanol–water partition coefficient (Wildman–Crippen LogP) is 2.69. The van der Waals surface area contributed by atoms with Crippen molar-refractivity contribution in [1.82, 2.24) is 9.80 Å². The topological polar surface area (TPSA) is 40.6 Å². The standard InChI is InChI=1S/C18H18N2O2/c1-19-16(21)12-13-20(17(19)14-8-4-2-5-9-14)18(22)15-10-6-3-7-11-15/h2-11,17H,12-13H2,1H3/t17-/m0/s1. The fourth-order valence-corrected chi connectivity index (χ4v) is 2.85. The fraction of sp³-hybridized carbons (Fsp3) is 0.222. The molecule has 2 aromatic carbocycles. The van der Waals surface area contributed by atoms with E-state index < -0.39 is 0 Å². The zero-order chi connectivity index (χ0) is 15.5. The molecule has 0 aliphatic carbocycles. The van der Waals surface area contributed by atoms with Gasteiger partial charge in [-0.1, -0.05) is 48.5 Å². The molecule has 1 aliphatic heterocycles. The van der Waals surface area contributed by atoms with Gasteiger partial charge in [-0.2, -0.15) is 0 Å². The van der Waals surface area contributed by atoms with Crippen molar-refractivity contribution < 1.29 is 9.59 Å². The summed E-state index contributed by atoms with van der Waals surface area (Å²) >= 11 is 0. The van der Waals surface area contributed by atoms with Crippen molar-refractivity contribution in [2.75, 3.05) is 13.6 Å². The van der Waals surface area contributed by atoms with Crippen molar-refractivity contribution in [2.24, 2.45) is 0 Å². The van der Waals surface area contributed by atoms with E-state index >= 15 is 0 Å². The van der Waals surface area contributed by atoms with E-state index in [-0.39, 0.29) is 18.0 Å². The summed E-state index contributed by atoms with van der Waals surface area (Å²) in [6, 6.07) is 18.9. The van der Waals surface area contributed by atoms with E-state index in [4.69, 9.17) is 0 Å². The van der Waals surface area contributed by atoms with Crippen LogP contribution in [-0.4, -0.2) is 35.2 Å². The summed E-state index contributed by atoms with van der Waals surface area (Å²) in [7, 11) is 1.75. The summed E-state index contributed by atoms with van der Waals surface area (Å²) in [5, 5.41) is 0. The number of nitrogens with zero attached hydrogens (tertiary/aromatic N) is 2. The molecule has 4 nitrogen and oxygen atoms in total. The molecule has 1 fully saturated rings. The number of hydrogen-bond acceptors (Lipinski definition) is 2. The van der Waals surface area contributed by atoms with Crippen LogP contribution in [0.25, 0.3) is 0 Å². The number of hydrogen-bond donors (Lipinski definition) is 0. The van der Waals surface area contributed by atoms with E-state index in [0.29, 0.717) is 18.5 Å². The maximum atomic E-state index is 12.8. The number of amides is 2. The van der Waals surface area contributed by atoms with Crippen LogP contribution in [0.5, 0.6) is 0 Å². The molecule has 1 heterocycles. The second-order valence-corrected chi connectivity index (χ2v) is 5.40. The molecule has 4 heteroatoms. The smallest absolute Gasteiger partial charge is 0.255 e. The van der Waals surface area contributed by atoms with Crippen molar-refractivity contribution in [3.8, 4) is 0 Å². The molecule has 0 saturated carbocycles. The monoisotopic (exact) mass is 294 g/mol. The van der Waals surface area contributed by atoms with Crippen molar-refractivity contribution in [3.63, 3.8) is 0 Å². The number of rotatable bonds is 2. The second kappa shape index (κ2) is 6.02. The van der Waals surface area contributed by atoms with Crippen LogP contribution in [0, 0.1) is 0 Å². The molecule has 112 valence electrons. The summed E-state index contributed by atoms with van der Waals surface area (Å²) < 4.78 is 0. The van der Waals surface area contributed by atoms with Gasteiger partial charge in [0, 0.05) is 25.6 Å². The largest absolute Gasteiger partial charge is 0.321 e. The van der Waals surface area contributed by atoms with Gasteiger partial charge in [0.1, 0.15) is 6.17 Å². The molecule has 0 radical (unpaired) electrons. The first-order valence-electron chi connectivity index (χ1n) is 7.35. The van der Waals surface area contributed by atoms with E-state index in [2.05, 4.69) is 0 Å². The van der Waals surface area contributed by atoms with Gasteiger partial charge in [-0.15, -0.1) is 0 Å². The minimum absolute atomic E-state index is 0.0474. The Labute approximate surface area is 130 Å². The molecule has 0 aromatic heterocycles. The number of carbonyl (C=O) groups is 2. The first-order chi connectivity index (χ1) is 10.7. The Balaban J connectivity index is 1.97. The van der Waals surface area contributed by atoms with Crippen molar-refractivity contribution >= 4 is 11.8 Å². The Morgan fingerprint density at radius 1 is 1.00 bits per heavy atom. The van der Waals surface area contributed by atoms with Crippen molar-refractivity contribution in [1.29, 1.82) is 0 Å². The average molecular weight is 294 g/mol. The van der Waals surface area contributed by atoms with Gasteiger partial charge in [0.05, 0.1) is 0 Å². The second-order valence-electron chi connectivity index (χ2n) is 5.40. The average Bonchev–Trinajstić information content (AvgIpc) is 2.58. The SMILES string of the molecule is CN1C(=O)CCN(C(=O)c2ccccc2)[C@H]1c1ccccc1. The van der Waals surface area contributed by atoms with Crippen LogP contribution >= 0.6 is 0 Å². The van der Waals surface area contributed by atoms with Gasteiger partial charge in [0.15, 0.2) is 0 Å². The fourth-order valence-electron chi connectivity index (χ4n) is 2.85. The maximum absolute atomic E-state index is 12.8. The summed E-state index contributed by atoms with van der Waals surface area (Å²) in [6.07, 6.45) is 0.00782. The summed E-state index contributed by atoms with van der Waals surface area (Å²) in [5.41, 5.74) is 1.59. The lowest BCUT2D eigenvalue weighted by molar-refractivity contribution is -0.140. The zero-order valence-electron chi connectivity index (χ0n) is 12.5. The molecule has 1 aliphatic rings. The first kappa shape index (κ1) is 14.3. The van der Waals surface area contributed by atoms with E-state index in [1.165, 1.54) is 0 Å². The molecule has 22 heavy (non-hydrogen) atoms. The normalized spacial score (nSPS) is 18.4. The minimum Gasteiger partial charge on any atom is -0.321 e. The molecule has 2 amide bonds. The lowest BCUT2D eigenvalue weighted by atomic mass is 10.1. The van der Waals surface area contributed by atoms with E-state index in [1.54, 1.807) is 29.0 Å². The Morgan fingerprint density at radius 3 is 2.23 bits per heavy atom. The molecule has 1 atom stereocenters. The van der Waals surface area contributed by atoms with Crippen LogP contribution in [0.3, 0.4) is 0 Å². The minimum atomic E-state index is -0.352. The van der Waals surface area contributed by atoms with Crippen LogP contribution in [0.2, 0.25) is 0 Å². The van der Waals surface area contributed by atoms with Gasteiger partial charge in [0.2, 0.25) is 5.91 Å². The van der Waals surface area contributed by atoms with Gasteiger partial charge >= 0.3 is 0 Å². The molecular weight excluding hydrogens is 276 g/mol. The van der Waals surface area contributed by atoms with Gasteiger partial charge in [-0.3, -0.25) is 9.59 Å². The lowest BCUT2D eigenvalue weighted by Gasteiger charge is -2.42. The van der Waals surface area contributed by atoms with E-state index in [9.17, 15) is 9.59 Å². The van der Waals surface area contributed by atoms with Crippen LogP contribution in [0.4, 0.5) is 0 Å². The molecule has 2 aromatic rings. The molecular formula is C18H18N2O2. The van der Waals surface area contributed by atoms with E-state index in [1.807, 2.05) is 48.5 Å². The highest BCUT2D eigenvalue weighted by Crippen LogP contribution is 2.29. The lowest BCUT2D eigenvalue weighted by Crippen LogP contribution is -2.51. The number of benzene rings is 2. The van der Waals surface area contributed by atoms with Gasteiger partial charge in [-0.05, 0) is 17.7 Å². The summed E-state index contributed by atoms with van der Waals surface area (Å²) in [5.74, 6) is 0.0137. The molecule has 1 saturated heterocycles. The van der Waals surface area contributed by atoms with Crippen molar-refractivity contribution in [3.05, 3.63) is 71.8 Å². The van der Waals surface area contributed by atoms with Gasteiger partial charge < -0.3 is 9.80 Å². The first-order valence-corrected chi connectivity index (χ1v) is 7.35. The molecule has 0 N–H and O–H groups in total. The number of carbonyl (C=O) groups excluding carboxylic acids is 2. The third-order valence-corrected chi connectivity index (χ3v) is 4.00. The Bertz CT molecular complexity index is 670. The van der Waals surface area contributed by atoms with Crippen molar-refractivity contribution in [2.45, 2.75) is 12.6 Å². The maximum Gasteiger partial charge on any atom is 0.255 e. The quantitative estimate of drug-likeness (QED) is 0.854. The van der Waals surface area contributed by atoms with Crippen LogP contribution in [0.15, 0.2) is 60.7 Å². The van der Waals surface area contributed by atoms with Crippen LogP contribution in [0.1, 0.15) is 28.5 Å². The Hall–Kier alpha value is -2.62. The highest BCUT2D eigenvalue weighted by Gasteiger charge is 2.35. The van der Waals surface area contributed by atoms with Gasteiger partial charge in [-0.25, -0.2) is 0 Å². The Kier molecular flexibility index (Phi) is 3.92. The summed E-state index contributed by atoms with van der Waals surface area (Å²) in [4.78, 5) is 28.3. The van der Waals surface area contributed by atoms with Crippen LogP contribution in [-0.2, 0) is 4.79 Å². The highest BCUT2D eigenvalue weighted by molar-refractivity contribution is 5.95. The predicted molar refractivity (Wildman–Crippen MR) is 84.0 cm³/mol. The third kappa shape index (κ3) is 2.60. The Morgan fingerprint density at radius 2 is 1.59 bits per heavy atom. The van der Waals surface area contributed by atoms with Crippen LogP contribution < -0.4 is 0 Å². The third-order valence-electron chi connectivity index (χ3n) is 4.00. The molecule has 0 unspecified atom stereocenters. The molecule has 0 bridgehead atoms.